The van der Waals surface area contributed by atoms with Crippen molar-refractivity contribution in [1.29, 1.82) is 0 Å². The lowest BCUT2D eigenvalue weighted by atomic mass is 9.78. The molecule has 0 spiro atoms. The highest BCUT2D eigenvalue weighted by atomic mass is 16.5. The fraction of sp³-hybridized carbons (Fsp3) is 0.667. The molecule has 0 saturated heterocycles. The van der Waals surface area contributed by atoms with Crippen LogP contribution in [0.3, 0.4) is 0 Å². The molecule has 1 aromatic rings. The van der Waals surface area contributed by atoms with Crippen LogP contribution in [-0.4, -0.2) is 18.2 Å². The van der Waals surface area contributed by atoms with E-state index in [1.165, 1.54) is 13.5 Å². The number of phenolic OH excluding ortho intramolecular Hbond substituents is 1. The Morgan fingerprint density at radius 3 is 1.67 bits per heavy atom. The van der Waals surface area contributed by atoms with Gasteiger partial charge in [-0.3, -0.25) is 4.79 Å². The fourth-order valence-corrected chi connectivity index (χ4v) is 2.33. The van der Waals surface area contributed by atoms with Gasteiger partial charge in [-0.1, -0.05) is 73.9 Å². The first-order valence-electron chi connectivity index (χ1n) is 8.82. The van der Waals surface area contributed by atoms with E-state index in [0.717, 1.165) is 16.7 Å². The Balaban J connectivity index is 0.00000163. The van der Waals surface area contributed by atoms with E-state index in [1.54, 1.807) is 0 Å². The SMILES string of the molecule is CCC.COC(=O)CCc1cc(C(C)(C)C)c(O)c(C(C)(C)C)c1. The Hall–Kier alpha value is -1.51. The quantitative estimate of drug-likeness (QED) is 0.740. The predicted molar refractivity (Wildman–Crippen MR) is 102 cm³/mol. The van der Waals surface area contributed by atoms with Crippen LogP contribution in [0.4, 0.5) is 0 Å². The second-order valence-electron chi connectivity index (χ2n) is 8.32. The summed E-state index contributed by atoms with van der Waals surface area (Å²) in [5.41, 5.74) is 2.62. The zero-order valence-corrected chi connectivity index (χ0v) is 17.0. The van der Waals surface area contributed by atoms with Gasteiger partial charge in [0.2, 0.25) is 0 Å². The van der Waals surface area contributed by atoms with Crippen LogP contribution in [0.1, 0.15) is 84.9 Å². The molecule has 0 aliphatic carbocycles. The van der Waals surface area contributed by atoms with Crippen LogP contribution < -0.4 is 0 Å². The van der Waals surface area contributed by atoms with Gasteiger partial charge in [0.05, 0.1) is 7.11 Å². The normalized spacial score (nSPS) is 11.5. The second kappa shape index (κ2) is 9.10. The highest BCUT2D eigenvalue weighted by Crippen LogP contribution is 2.39. The molecule has 3 nitrogen and oxygen atoms in total. The van der Waals surface area contributed by atoms with Gasteiger partial charge < -0.3 is 9.84 Å². The smallest absolute Gasteiger partial charge is 0.305 e. The highest BCUT2D eigenvalue weighted by molar-refractivity contribution is 5.69. The molecule has 0 saturated carbocycles. The van der Waals surface area contributed by atoms with Crippen molar-refractivity contribution in [1.82, 2.24) is 0 Å². The maximum absolute atomic E-state index is 11.3. The molecule has 0 heterocycles. The van der Waals surface area contributed by atoms with Gasteiger partial charge in [-0.2, -0.15) is 0 Å². The number of carbonyl (C=O) groups excluding carboxylic acids is 1. The van der Waals surface area contributed by atoms with E-state index >= 15 is 0 Å². The lowest BCUT2D eigenvalue weighted by Gasteiger charge is -2.28. The number of ether oxygens (including phenoxy) is 1. The van der Waals surface area contributed by atoms with E-state index in [4.69, 9.17) is 4.74 Å². The van der Waals surface area contributed by atoms with Crippen molar-refractivity contribution >= 4 is 5.97 Å². The number of phenols is 1. The molecule has 0 aromatic heterocycles. The molecule has 0 radical (unpaired) electrons. The average Bonchev–Trinajstić information content (AvgIpc) is 2.44. The van der Waals surface area contributed by atoms with Gasteiger partial charge in [0.15, 0.2) is 0 Å². The summed E-state index contributed by atoms with van der Waals surface area (Å²) in [6.45, 7) is 16.7. The Morgan fingerprint density at radius 2 is 1.38 bits per heavy atom. The first kappa shape index (κ1) is 22.5. The molecule has 0 atom stereocenters. The van der Waals surface area contributed by atoms with Crippen LogP contribution in [0, 0.1) is 0 Å². The number of aromatic hydroxyl groups is 1. The molecule has 0 amide bonds. The van der Waals surface area contributed by atoms with Crippen molar-refractivity contribution in [2.75, 3.05) is 7.11 Å². The first-order valence-corrected chi connectivity index (χ1v) is 8.82. The van der Waals surface area contributed by atoms with Crippen LogP contribution in [0.2, 0.25) is 0 Å². The third kappa shape index (κ3) is 6.94. The summed E-state index contributed by atoms with van der Waals surface area (Å²) in [4.78, 5) is 11.3. The Kier molecular flexibility index (Phi) is 8.53. The van der Waals surface area contributed by atoms with Crippen LogP contribution in [0.5, 0.6) is 5.75 Å². The topological polar surface area (TPSA) is 46.5 Å². The number of benzene rings is 1. The number of carbonyl (C=O) groups is 1. The maximum Gasteiger partial charge on any atom is 0.305 e. The minimum absolute atomic E-state index is 0.147. The van der Waals surface area contributed by atoms with Gasteiger partial charge in [-0.25, -0.2) is 0 Å². The standard InChI is InChI=1S/C18H28O3.C3H8/c1-17(2,3)13-10-12(8-9-15(19)21-7)11-14(16(13)20)18(4,5)6;1-3-2/h10-11,20H,8-9H2,1-7H3;3H2,1-2H3. The summed E-state index contributed by atoms with van der Waals surface area (Å²) >= 11 is 0. The molecule has 0 aliphatic rings. The minimum atomic E-state index is -0.210. The third-order valence-corrected chi connectivity index (χ3v) is 3.63. The van der Waals surface area contributed by atoms with E-state index in [-0.39, 0.29) is 16.8 Å². The molecule has 3 heteroatoms. The van der Waals surface area contributed by atoms with Crippen molar-refractivity contribution in [3.8, 4) is 5.75 Å². The highest BCUT2D eigenvalue weighted by Gasteiger charge is 2.26. The molecule has 1 rings (SSSR count). The summed E-state index contributed by atoms with van der Waals surface area (Å²) in [6.07, 6.45) is 2.23. The maximum atomic E-state index is 11.3. The van der Waals surface area contributed by atoms with Crippen LogP contribution in [0.25, 0.3) is 0 Å². The molecule has 24 heavy (non-hydrogen) atoms. The van der Waals surface area contributed by atoms with Crippen LogP contribution in [-0.2, 0) is 26.8 Å². The number of methoxy groups -OCH3 is 1. The van der Waals surface area contributed by atoms with Crippen molar-refractivity contribution in [3.05, 3.63) is 28.8 Å². The monoisotopic (exact) mass is 336 g/mol. The average molecular weight is 337 g/mol. The molecular weight excluding hydrogens is 300 g/mol. The van der Waals surface area contributed by atoms with E-state index < -0.39 is 0 Å². The minimum Gasteiger partial charge on any atom is -0.507 e. The molecule has 1 aromatic carbocycles. The molecular formula is C21H36O3. The zero-order chi connectivity index (χ0) is 19.1. The van der Waals surface area contributed by atoms with Gasteiger partial charge >= 0.3 is 5.97 Å². The van der Waals surface area contributed by atoms with Crippen molar-refractivity contribution in [2.45, 2.75) is 85.5 Å². The summed E-state index contributed by atoms with van der Waals surface area (Å²) in [7, 11) is 1.40. The molecule has 1 N–H and O–H groups in total. The fourth-order valence-electron chi connectivity index (χ4n) is 2.33. The van der Waals surface area contributed by atoms with Gasteiger partial charge in [0.25, 0.3) is 0 Å². The predicted octanol–water partition coefficient (Wildman–Crippen LogP) is 5.51. The van der Waals surface area contributed by atoms with Crippen LogP contribution in [0.15, 0.2) is 12.1 Å². The van der Waals surface area contributed by atoms with Crippen molar-refractivity contribution < 1.29 is 14.6 Å². The summed E-state index contributed by atoms with van der Waals surface area (Å²) in [6, 6.07) is 4.01. The molecule has 0 fully saturated rings. The summed E-state index contributed by atoms with van der Waals surface area (Å²) in [5.74, 6) is 0.162. The number of esters is 1. The Morgan fingerprint density at radius 1 is 1.00 bits per heavy atom. The van der Waals surface area contributed by atoms with Gasteiger partial charge in [-0.05, 0) is 33.9 Å². The van der Waals surface area contributed by atoms with Crippen molar-refractivity contribution in [2.24, 2.45) is 0 Å². The Labute approximate surface area is 148 Å². The largest absolute Gasteiger partial charge is 0.507 e. The van der Waals surface area contributed by atoms with Gasteiger partial charge in [0.1, 0.15) is 5.75 Å². The second-order valence-corrected chi connectivity index (χ2v) is 8.32. The number of hydrogen-bond donors (Lipinski definition) is 1. The van der Waals surface area contributed by atoms with E-state index in [9.17, 15) is 9.90 Å². The molecule has 0 unspecified atom stereocenters. The van der Waals surface area contributed by atoms with Gasteiger partial charge in [-0.15, -0.1) is 0 Å². The van der Waals surface area contributed by atoms with E-state index in [2.05, 4.69) is 55.4 Å². The molecule has 0 aliphatic heterocycles. The van der Waals surface area contributed by atoms with E-state index in [1.807, 2.05) is 12.1 Å². The lowest BCUT2D eigenvalue weighted by Crippen LogP contribution is -2.18. The molecule has 138 valence electrons. The van der Waals surface area contributed by atoms with Crippen molar-refractivity contribution in [3.63, 3.8) is 0 Å². The Bertz CT molecular complexity index is 496. The number of rotatable bonds is 3. The lowest BCUT2D eigenvalue weighted by molar-refractivity contribution is -0.140. The summed E-state index contributed by atoms with van der Waals surface area (Å²) < 4.78 is 4.70. The third-order valence-electron chi connectivity index (χ3n) is 3.63. The van der Waals surface area contributed by atoms with E-state index in [0.29, 0.717) is 18.6 Å². The molecule has 0 bridgehead atoms. The van der Waals surface area contributed by atoms with Crippen LogP contribution >= 0.6 is 0 Å². The zero-order valence-electron chi connectivity index (χ0n) is 17.0. The summed E-state index contributed by atoms with van der Waals surface area (Å²) in [5, 5.41) is 10.6. The first-order chi connectivity index (χ1) is 10.9. The number of hydrogen-bond acceptors (Lipinski definition) is 3. The van der Waals surface area contributed by atoms with Gasteiger partial charge in [0, 0.05) is 6.42 Å². The number of aryl methyl sites for hydroxylation is 1.